The molecule has 3 atom stereocenters. The maximum Gasteiger partial charge on any atom is 0.417 e. The minimum absolute atomic E-state index is 0.0517. The number of anilines is 2. The average molecular weight is 539 g/mol. The molecule has 4 heterocycles. The van der Waals surface area contributed by atoms with Gasteiger partial charge < -0.3 is 30.3 Å². The van der Waals surface area contributed by atoms with Gasteiger partial charge in [0.25, 0.3) is 0 Å². The van der Waals surface area contributed by atoms with Crippen molar-refractivity contribution in [2.75, 3.05) is 50.5 Å². The predicted molar refractivity (Wildman–Crippen MR) is 135 cm³/mol. The number of likely N-dealkylation sites (N-methyl/N-ethyl adjacent to an activating group) is 1. The fourth-order valence-electron chi connectivity index (χ4n) is 5.75. The van der Waals surface area contributed by atoms with Crippen molar-refractivity contribution in [2.24, 2.45) is 0 Å². The number of hydrogen-bond acceptors (Lipinski definition) is 8. The van der Waals surface area contributed by atoms with E-state index in [-0.39, 0.29) is 42.4 Å². The molecule has 0 saturated carbocycles. The van der Waals surface area contributed by atoms with E-state index >= 15 is 4.39 Å². The van der Waals surface area contributed by atoms with Crippen molar-refractivity contribution >= 4 is 11.5 Å². The lowest BCUT2D eigenvalue weighted by molar-refractivity contribution is -0.140. The first-order chi connectivity index (χ1) is 18.0. The Morgan fingerprint density at radius 2 is 2.05 bits per heavy atom. The number of likely N-dealkylation sites (tertiary alicyclic amines) is 1. The van der Waals surface area contributed by atoms with E-state index < -0.39 is 29.2 Å². The Kier molecular flexibility index (Phi) is 7.40. The van der Waals surface area contributed by atoms with Crippen LogP contribution in [-0.4, -0.2) is 66.8 Å². The van der Waals surface area contributed by atoms with Gasteiger partial charge in [-0.15, -0.1) is 0 Å². The Balaban J connectivity index is 1.52. The first-order valence-corrected chi connectivity index (χ1v) is 13.0. The molecule has 1 aromatic heterocycles. The lowest BCUT2D eigenvalue weighted by Crippen LogP contribution is -2.50. The molecule has 38 heavy (non-hydrogen) atoms. The minimum atomic E-state index is -4.77. The smallest absolute Gasteiger partial charge is 0.417 e. The minimum Gasteiger partial charge on any atom is -0.462 e. The monoisotopic (exact) mass is 538 g/mol. The third kappa shape index (κ3) is 5.26. The molecule has 0 spiro atoms. The summed E-state index contributed by atoms with van der Waals surface area (Å²) in [5.74, 6) is -0.459. The molecule has 3 aliphatic heterocycles. The number of halogens is 4. The Bertz CT molecular complexity index is 1190. The van der Waals surface area contributed by atoms with E-state index in [0.717, 1.165) is 32.0 Å². The topological polar surface area (TPSA) is 88.8 Å². The summed E-state index contributed by atoms with van der Waals surface area (Å²) in [5, 5.41) is 3.40. The third-order valence-corrected chi connectivity index (χ3v) is 7.73. The van der Waals surface area contributed by atoms with Crippen LogP contribution in [-0.2, 0) is 23.9 Å². The zero-order valence-corrected chi connectivity index (χ0v) is 21.9. The van der Waals surface area contributed by atoms with Crippen LogP contribution in [0.1, 0.15) is 53.8 Å². The van der Waals surface area contributed by atoms with Gasteiger partial charge in [0.1, 0.15) is 12.4 Å². The van der Waals surface area contributed by atoms with Crippen molar-refractivity contribution in [2.45, 2.75) is 64.1 Å². The highest BCUT2D eigenvalue weighted by Crippen LogP contribution is 2.44. The van der Waals surface area contributed by atoms with Crippen LogP contribution in [0.15, 0.2) is 6.07 Å². The zero-order valence-electron chi connectivity index (χ0n) is 21.9. The van der Waals surface area contributed by atoms with Crippen molar-refractivity contribution in [3.63, 3.8) is 0 Å². The predicted octanol–water partition coefficient (Wildman–Crippen LogP) is 3.61. The average Bonchev–Trinajstić information content (AvgIpc) is 3.27. The number of aromatic nitrogens is 2. The Morgan fingerprint density at radius 3 is 2.74 bits per heavy atom. The highest BCUT2D eigenvalue weighted by atomic mass is 19.4. The van der Waals surface area contributed by atoms with Gasteiger partial charge in [0.05, 0.1) is 29.7 Å². The molecule has 5 rings (SSSR count). The van der Waals surface area contributed by atoms with Crippen molar-refractivity contribution in [1.82, 2.24) is 20.2 Å². The van der Waals surface area contributed by atoms with Crippen molar-refractivity contribution in [3.8, 4) is 6.01 Å². The molecule has 3 aliphatic rings. The molecule has 3 N–H and O–H groups in total. The number of alkyl halides is 3. The van der Waals surface area contributed by atoms with E-state index in [4.69, 9.17) is 20.2 Å². The number of piperazine rings is 1. The van der Waals surface area contributed by atoms with Crippen molar-refractivity contribution in [3.05, 3.63) is 39.8 Å². The number of nitrogens with zero attached hydrogens (tertiary/aromatic N) is 4. The van der Waals surface area contributed by atoms with Gasteiger partial charge >= 0.3 is 12.2 Å². The first kappa shape index (κ1) is 26.9. The van der Waals surface area contributed by atoms with Crippen LogP contribution in [0, 0.1) is 12.7 Å². The van der Waals surface area contributed by atoms with Gasteiger partial charge in [-0.1, -0.05) is 0 Å². The summed E-state index contributed by atoms with van der Waals surface area (Å²) in [6.07, 6.45) is -3.94. The molecule has 0 radical (unpaired) electrons. The van der Waals surface area contributed by atoms with Gasteiger partial charge in [-0.25, -0.2) is 4.39 Å². The fraction of sp³-hybridized carbons (Fsp3) is 0.615. The van der Waals surface area contributed by atoms with E-state index in [9.17, 15) is 13.2 Å². The number of aryl methyl sites for hydroxylation is 1. The van der Waals surface area contributed by atoms with Gasteiger partial charge in [0, 0.05) is 49.3 Å². The molecule has 1 aromatic carbocycles. The van der Waals surface area contributed by atoms with Crippen molar-refractivity contribution < 1.29 is 27.0 Å². The number of nitrogens with two attached hydrogens (primary N) is 1. The zero-order chi connectivity index (χ0) is 27.2. The molecule has 1 unspecified atom stereocenters. The van der Waals surface area contributed by atoms with Crippen LogP contribution in [0.5, 0.6) is 6.01 Å². The molecule has 8 nitrogen and oxygen atoms in total. The Labute approximate surface area is 219 Å². The summed E-state index contributed by atoms with van der Waals surface area (Å²) in [6, 6.07) is 1.65. The second kappa shape index (κ2) is 10.5. The first-order valence-electron chi connectivity index (χ1n) is 13.0. The normalized spacial score (nSPS) is 24.5. The van der Waals surface area contributed by atoms with Gasteiger partial charge in [0.15, 0.2) is 5.82 Å². The third-order valence-electron chi connectivity index (χ3n) is 7.73. The summed E-state index contributed by atoms with van der Waals surface area (Å²) in [6.45, 7) is 6.85. The molecule has 0 aliphatic carbocycles. The van der Waals surface area contributed by atoms with E-state index in [1.165, 1.54) is 6.92 Å². The quantitative estimate of drug-likeness (QED) is 0.441. The Morgan fingerprint density at radius 1 is 1.26 bits per heavy atom. The second-order valence-electron chi connectivity index (χ2n) is 10.5. The highest BCUT2D eigenvalue weighted by molar-refractivity contribution is 5.55. The number of ether oxygens (including phenoxy) is 2. The van der Waals surface area contributed by atoms with Crippen molar-refractivity contribution in [1.29, 1.82) is 0 Å². The van der Waals surface area contributed by atoms with Crippen LogP contribution in [0.25, 0.3) is 0 Å². The number of benzene rings is 1. The maximum atomic E-state index is 15.2. The molecular weight excluding hydrogens is 504 g/mol. The summed E-state index contributed by atoms with van der Waals surface area (Å²) < 4.78 is 69.2. The van der Waals surface area contributed by atoms with Crippen LogP contribution in [0.2, 0.25) is 0 Å². The van der Waals surface area contributed by atoms with Gasteiger partial charge in [-0.2, -0.15) is 23.1 Å². The summed E-state index contributed by atoms with van der Waals surface area (Å²) in [7, 11) is 2.05. The van der Waals surface area contributed by atoms with Crippen LogP contribution < -0.4 is 20.7 Å². The number of nitrogen functional groups attached to an aromatic ring is 1. The van der Waals surface area contributed by atoms with Crippen LogP contribution in [0.4, 0.5) is 29.1 Å². The number of rotatable bonds is 5. The number of fused-ring (bicyclic) bond motifs is 1. The largest absolute Gasteiger partial charge is 0.462 e. The van der Waals surface area contributed by atoms with E-state index in [1.54, 1.807) is 0 Å². The standard InChI is InChI=1S/C26H34F4N6O2/c1-14-9-18(31)23(27)21(22(14)26(28,29)30)20-10-19-17(13-37-20)24(36-8-6-32-15(2)11-36)34-25(33-19)38-12-16-5-4-7-35(16)3/h9,15-16,20,32H,4-8,10-13,31H2,1-3H3/t15-,16+,20?/m1/s1. The molecule has 12 heteroatoms. The molecule has 2 saturated heterocycles. The summed E-state index contributed by atoms with van der Waals surface area (Å²) in [5.41, 5.74) is 4.81. The molecule has 2 aromatic rings. The lowest BCUT2D eigenvalue weighted by Gasteiger charge is -2.36. The number of nitrogens with one attached hydrogen (secondary N) is 1. The highest BCUT2D eigenvalue weighted by Gasteiger charge is 2.41. The van der Waals surface area contributed by atoms with Gasteiger partial charge in [-0.05, 0) is 51.9 Å². The molecular formula is C26H34F4N6O2. The van der Waals surface area contributed by atoms with E-state index in [2.05, 4.69) is 27.0 Å². The number of hydrogen-bond donors (Lipinski definition) is 2. The second-order valence-corrected chi connectivity index (χ2v) is 10.5. The van der Waals surface area contributed by atoms with Gasteiger partial charge in [-0.3, -0.25) is 0 Å². The maximum absolute atomic E-state index is 15.2. The SMILES string of the molecule is Cc1cc(N)c(F)c(C2Cc3nc(OC[C@@H]4CCCN4C)nc(N4CCN[C@H](C)C4)c3CO2)c1C(F)(F)F. The lowest BCUT2D eigenvalue weighted by atomic mass is 9.91. The van der Waals surface area contributed by atoms with Gasteiger partial charge in [0.2, 0.25) is 0 Å². The summed E-state index contributed by atoms with van der Waals surface area (Å²) >= 11 is 0. The van der Waals surface area contributed by atoms with E-state index in [1.807, 2.05) is 7.05 Å². The Hall–Kier alpha value is -2.70. The van der Waals surface area contributed by atoms with Crippen LogP contribution >= 0.6 is 0 Å². The van der Waals surface area contributed by atoms with E-state index in [0.29, 0.717) is 36.8 Å². The fourth-order valence-corrected chi connectivity index (χ4v) is 5.75. The van der Waals surface area contributed by atoms with Crippen LogP contribution in [0.3, 0.4) is 0 Å². The summed E-state index contributed by atoms with van der Waals surface area (Å²) in [4.78, 5) is 13.7. The molecule has 0 bridgehead atoms. The molecule has 208 valence electrons. The molecule has 0 amide bonds. The molecule has 2 fully saturated rings.